The van der Waals surface area contributed by atoms with Crippen LogP contribution in [0.15, 0.2) is 17.0 Å². The van der Waals surface area contributed by atoms with Crippen molar-refractivity contribution in [1.82, 2.24) is 4.31 Å². The van der Waals surface area contributed by atoms with Crippen molar-refractivity contribution in [3.05, 3.63) is 29.3 Å². The maximum Gasteiger partial charge on any atom is 0.246 e. The third-order valence-corrected chi connectivity index (χ3v) is 5.51. The molecule has 0 bridgehead atoms. The zero-order chi connectivity index (χ0) is 15.6. The highest BCUT2D eigenvalue weighted by Crippen LogP contribution is 2.28. The molecule has 0 amide bonds. The molecule has 0 aliphatic carbocycles. The van der Waals surface area contributed by atoms with Crippen molar-refractivity contribution >= 4 is 10.0 Å². The van der Waals surface area contributed by atoms with E-state index in [0.29, 0.717) is 19.6 Å². The molecule has 1 atom stereocenters. The van der Waals surface area contributed by atoms with Gasteiger partial charge in [-0.3, -0.25) is 0 Å². The van der Waals surface area contributed by atoms with Crippen molar-refractivity contribution in [1.29, 1.82) is 0 Å². The molecule has 0 spiro atoms. The third kappa shape index (κ3) is 3.08. The maximum atomic E-state index is 14.2. The van der Waals surface area contributed by atoms with E-state index in [4.69, 9.17) is 10.5 Å². The van der Waals surface area contributed by atoms with Crippen molar-refractivity contribution in [2.24, 2.45) is 11.7 Å². The highest BCUT2D eigenvalue weighted by Gasteiger charge is 2.35. The van der Waals surface area contributed by atoms with Crippen LogP contribution in [-0.4, -0.2) is 39.5 Å². The van der Waals surface area contributed by atoms with Crippen molar-refractivity contribution in [3.63, 3.8) is 0 Å². The zero-order valence-corrected chi connectivity index (χ0v) is 12.5. The van der Waals surface area contributed by atoms with Gasteiger partial charge < -0.3 is 10.5 Å². The summed E-state index contributed by atoms with van der Waals surface area (Å²) in [5, 5.41) is 0. The van der Waals surface area contributed by atoms with Crippen molar-refractivity contribution in [2.75, 3.05) is 26.8 Å². The fraction of sp³-hybridized carbons (Fsp3) is 0.538. The molecule has 118 valence electrons. The summed E-state index contributed by atoms with van der Waals surface area (Å²) in [5.74, 6) is -1.86. The van der Waals surface area contributed by atoms with Crippen LogP contribution in [0.3, 0.4) is 0 Å². The van der Waals surface area contributed by atoms with Gasteiger partial charge in [-0.05, 0) is 24.5 Å². The van der Waals surface area contributed by atoms with Crippen LogP contribution in [0.2, 0.25) is 0 Å². The highest BCUT2D eigenvalue weighted by molar-refractivity contribution is 7.89. The number of nitrogens with zero attached hydrogens (tertiary/aromatic N) is 1. The Bertz CT molecular complexity index is 622. The molecule has 1 fully saturated rings. The summed E-state index contributed by atoms with van der Waals surface area (Å²) < 4.78 is 58.7. The fourth-order valence-corrected chi connectivity index (χ4v) is 4.11. The van der Waals surface area contributed by atoms with E-state index in [1.165, 1.54) is 4.31 Å². The van der Waals surface area contributed by atoms with Crippen LogP contribution in [0.1, 0.15) is 12.0 Å². The summed E-state index contributed by atoms with van der Waals surface area (Å²) in [6.45, 7) is 0.620. The van der Waals surface area contributed by atoms with E-state index in [1.807, 2.05) is 0 Å². The zero-order valence-electron chi connectivity index (χ0n) is 11.7. The maximum absolute atomic E-state index is 14.2. The first-order chi connectivity index (χ1) is 9.91. The Morgan fingerprint density at radius 1 is 1.43 bits per heavy atom. The van der Waals surface area contributed by atoms with Crippen LogP contribution in [-0.2, 0) is 21.3 Å². The number of sulfonamides is 1. The van der Waals surface area contributed by atoms with Gasteiger partial charge in [0.25, 0.3) is 0 Å². The first-order valence-corrected chi connectivity index (χ1v) is 8.01. The topological polar surface area (TPSA) is 72.6 Å². The molecule has 1 aromatic rings. The Morgan fingerprint density at radius 3 is 2.76 bits per heavy atom. The molecule has 1 aromatic carbocycles. The fourth-order valence-electron chi connectivity index (χ4n) is 2.49. The van der Waals surface area contributed by atoms with Gasteiger partial charge in [-0.2, -0.15) is 4.31 Å². The minimum Gasteiger partial charge on any atom is -0.384 e. The molecular formula is C13H18F2N2O3S. The Kier molecular flexibility index (Phi) is 4.92. The van der Waals surface area contributed by atoms with Crippen molar-refractivity contribution in [2.45, 2.75) is 17.9 Å². The molecule has 0 aromatic heterocycles. The molecular weight excluding hydrogens is 302 g/mol. The van der Waals surface area contributed by atoms with Gasteiger partial charge >= 0.3 is 0 Å². The minimum absolute atomic E-state index is 0.0854. The van der Waals surface area contributed by atoms with Gasteiger partial charge in [0.15, 0.2) is 5.82 Å². The molecule has 1 saturated heterocycles. The first-order valence-electron chi connectivity index (χ1n) is 6.57. The predicted molar refractivity (Wildman–Crippen MR) is 73.0 cm³/mol. The lowest BCUT2D eigenvalue weighted by molar-refractivity contribution is 0.157. The van der Waals surface area contributed by atoms with Gasteiger partial charge in [-0.15, -0.1) is 0 Å². The Labute approximate surface area is 122 Å². The number of hydrogen-bond acceptors (Lipinski definition) is 4. The van der Waals surface area contributed by atoms with Crippen molar-refractivity contribution < 1.29 is 21.9 Å². The van der Waals surface area contributed by atoms with Gasteiger partial charge in [-0.25, -0.2) is 17.2 Å². The average molecular weight is 320 g/mol. The van der Waals surface area contributed by atoms with Crippen LogP contribution in [0, 0.1) is 17.6 Å². The van der Waals surface area contributed by atoms with Crippen molar-refractivity contribution in [3.8, 4) is 0 Å². The number of halogens is 2. The second kappa shape index (κ2) is 6.35. The molecule has 2 N–H and O–H groups in total. The van der Waals surface area contributed by atoms with Gasteiger partial charge in [0.05, 0.1) is 6.61 Å². The molecule has 1 aliphatic rings. The number of benzene rings is 1. The summed E-state index contributed by atoms with van der Waals surface area (Å²) in [5.41, 5.74) is 4.86. The van der Waals surface area contributed by atoms with Crippen LogP contribution < -0.4 is 5.73 Å². The van der Waals surface area contributed by atoms with Gasteiger partial charge in [0, 0.05) is 32.3 Å². The van der Waals surface area contributed by atoms with Gasteiger partial charge in [0.2, 0.25) is 10.0 Å². The third-order valence-electron chi connectivity index (χ3n) is 3.62. The highest BCUT2D eigenvalue weighted by atomic mass is 32.2. The quantitative estimate of drug-likeness (QED) is 0.881. The smallest absolute Gasteiger partial charge is 0.246 e. The second-order valence-electron chi connectivity index (χ2n) is 5.02. The van der Waals surface area contributed by atoms with E-state index in [9.17, 15) is 17.2 Å². The summed E-state index contributed by atoms with van der Waals surface area (Å²) in [6, 6.07) is 1.88. The van der Waals surface area contributed by atoms with E-state index < -0.39 is 38.7 Å². The first kappa shape index (κ1) is 16.3. The lowest BCUT2D eigenvalue weighted by Gasteiger charge is -2.18. The second-order valence-corrected chi connectivity index (χ2v) is 6.92. The van der Waals surface area contributed by atoms with Gasteiger partial charge in [0.1, 0.15) is 10.7 Å². The number of nitrogens with two attached hydrogens (primary N) is 1. The summed E-state index contributed by atoms with van der Waals surface area (Å²) in [4.78, 5) is -0.526. The summed E-state index contributed by atoms with van der Waals surface area (Å²) in [7, 11) is -2.44. The number of rotatable bonds is 5. The Morgan fingerprint density at radius 2 is 2.14 bits per heavy atom. The van der Waals surface area contributed by atoms with Crippen LogP contribution >= 0.6 is 0 Å². The molecule has 1 aliphatic heterocycles. The number of methoxy groups -OCH3 is 1. The normalized spacial score (nSPS) is 20.1. The summed E-state index contributed by atoms with van der Waals surface area (Å²) >= 11 is 0. The largest absolute Gasteiger partial charge is 0.384 e. The average Bonchev–Trinajstić information content (AvgIpc) is 2.89. The Balaban J connectivity index is 2.33. The predicted octanol–water partition coefficient (Wildman–Crippen LogP) is 1.08. The molecule has 2 rings (SSSR count). The van der Waals surface area contributed by atoms with E-state index in [2.05, 4.69) is 0 Å². The lowest BCUT2D eigenvalue weighted by atomic mass is 10.1. The molecule has 1 heterocycles. The molecule has 5 nitrogen and oxygen atoms in total. The van der Waals surface area contributed by atoms with Gasteiger partial charge in [-0.1, -0.05) is 0 Å². The van der Waals surface area contributed by atoms with E-state index in [0.717, 1.165) is 12.1 Å². The van der Waals surface area contributed by atoms with E-state index in [1.54, 1.807) is 7.11 Å². The molecule has 8 heteroatoms. The Hall–Kier alpha value is -1.09. The molecule has 0 saturated carbocycles. The summed E-state index contributed by atoms with van der Waals surface area (Å²) in [6.07, 6.45) is 0.652. The molecule has 21 heavy (non-hydrogen) atoms. The molecule has 0 radical (unpaired) electrons. The van der Waals surface area contributed by atoms with Crippen LogP contribution in [0.4, 0.5) is 8.78 Å². The SMILES string of the molecule is COCC1CCN(S(=O)(=O)c2ccc(F)c(CN)c2F)C1. The van der Waals surface area contributed by atoms with Crippen LogP contribution in [0.5, 0.6) is 0 Å². The number of ether oxygens (including phenoxy) is 1. The molecule has 1 unspecified atom stereocenters. The minimum atomic E-state index is -3.99. The van der Waals surface area contributed by atoms with Crippen LogP contribution in [0.25, 0.3) is 0 Å². The lowest BCUT2D eigenvalue weighted by Crippen LogP contribution is -2.30. The monoisotopic (exact) mass is 320 g/mol. The van der Waals surface area contributed by atoms with E-state index >= 15 is 0 Å². The van der Waals surface area contributed by atoms with E-state index in [-0.39, 0.29) is 12.5 Å². The standard InChI is InChI=1S/C13H18F2N2O3S/c1-20-8-9-4-5-17(7-9)21(18,19)12-3-2-11(14)10(6-16)13(12)15/h2-3,9H,4-8,16H2,1H3. The number of hydrogen-bond donors (Lipinski definition) is 1.